The lowest BCUT2D eigenvalue weighted by molar-refractivity contribution is 0.247. The summed E-state index contributed by atoms with van der Waals surface area (Å²) in [6.45, 7) is 2.54. The van der Waals surface area contributed by atoms with Crippen LogP contribution in [0.15, 0.2) is 10.6 Å². The summed E-state index contributed by atoms with van der Waals surface area (Å²) < 4.78 is 4.87. The third-order valence-electron chi connectivity index (χ3n) is 3.15. The number of amides is 2. The molecule has 0 aromatic carbocycles. The molecule has 1 aliphatic carbocycles. The summed E-state index contributed by atoms with van der Waals surface area (Å²) in [6, 6.07) is 1.49. The number of aromatic nitrogens is 1. The lowest BCUT2D eigenvalue weighted by atomic mass is 9.89. The number of anilines is 1. The van der Waals surface area contributed by atoms with E-state index in [2.05, 4.69) is 15.8 Å². The van der Waals surface area contributed by atoms with E-state index in [1.807, 2.05) is 0 Å². The maximum absolute atomic E-state index is 11.6. The van der Waals surface area contributed by atoms with Gasteiger partial charge in [0.1, 0.15) is 5.76 Å². The summed E-state index contributed by atoms with van der Waals surface area (Å²) in [5, 5.41) is 9.23. The van der Waals surface area contributed by atoms with Crippen molar-refractivity contribution in [2.45, 2.75) is 39.0 Å². The van der Waals surface area contributed by atoms with E-state index < -0.39 is 0 Å². The molecule has 2 rings (SSSR count). The zero-order valence-electron chi connectivity index (χ0n) is 10.2. The Kier molecular flexibility index (Phi) is 4.01. The average molecular weight is 237 g/mol. The number of nitrogens with zero attached hydrogens (tertiary/aromatic N) is 1. The monoisotopic (exact) mass is 237 g/mol. The Morgan fingerprint density at radius 3 is 2.88 bits per heavy atom. The van der Waals surface area contributed by atoms with Gasteiger partial charge in [0.25, 0.3) is 0 Å². The molecular formula is C12H19N3O2. The molecule has 0 spiro atoms. The molecule has 94 valence electrons. The quantitative estimate of drug-likeness (QED) is 0.849. The topological polar surface area (TPSA) is 67.2 Å². The summed E-state index contributed by atoms with van der Waals surface area (Å²) in [7, 11) is 0. The first-order valence-electron chi connectivity index (χ1n) is 6.22. The normalized spacial score (nSPS) is 16.8. The molecule has 17 heavy (non-hydrogen) atoms. The standard InChI is InChI=1S/C12H19N3O2/c1-9-7-11(15-17-9)14-12(16)13-8-10-5-3-2-4-6-10/h7,10H,2-6,8H2,1H3,(H2,13,14,15,16). The van der Waals surface area contributed by atoms with Crippen LogP contribution in [0.2, 0.25) is 0 Å². The highest BCUT2D eigenvalue weighted by Crippen LogP contribution is 2.22. The fourth-order valence-electron chi connectivity index (χ4n) is 2.21. The van der Waals surface area contributed by atoms with Crippen molar-refractivity contribution in [3.63, 3.8) is 0 Å². The van der Waals surface area contributed by atoms with E-state index >= 15 is 0 Å². The minimum absolute atomic E-state index is 0.205. The van der Waals surface area contributed by atoms with Gasteiger partial charge < -0.3 is 9.84 Å². The molecule has 5 heteroatoms. The van der Waals surface area contributed by atoms with E-state index in [9.17, 15) is 4.79 Å². The predicted octanol–water partition coefficient (Wildman–Crippen LogP) is 2.68. The Balaban J connectivity index is 1.70. The van der Waals surface area contributed by atoms with Gasteiger partial charge in [-0.2, -0.15) is 0 Å². The highest BCUT2D eigenvalue weighted by atomic mass is 16.5. The van der Waals surface area contributed by atoms with Crippen LogP contribution >= 0.6 is 0 Å². The van der Waals surface area contributed by atoms with Crippen molar-refractivity contribution in [3.8, 4) is 0 Å². The first kappa shape index (κ1) is 12.0. The number of carbonyl (C=O) groups excluding carboxylic acids is 1. The number of nitrogens with one attached hydrogen (secondary N) is 2. The molecular weight excluding hydrogens is 218 g/mol. The molecule has 0 aliphatic heterocycles. The molecule has 5 nitrogen and oxygen atoms in total. The Hall–Kier alpha value is -1.52. The molecule has 0 unspecified atom stereocenters. The second-order valence-electron chi connectivity index (χ2n) is 4.66. The maximum atomic E-state index is 11.6. The van der Waals surface area contributed by atoms with E-state index in [0.717, 1.165) is 6.54 Å². The van der Waals surface area contributed by atoms with E-state index in [-0.39, 0.29) is 6.03 Å². The lowest BCUT2D eigenvalue weighted by Gasteiger charge is -2.21. The number of urea groups is 1. The van der Waals surface area contributed by atoms with Crippen LogP contribution in [-0.4, -0.2) is 17.7 Å². The highest BCUT2D eigenvalue weighted by molar-refractivity contribution is 5.88. The molecule has 1 heterocycles. The summed E-state index contributed by atoms with van der Waals surface area (Å²) >= 11 is 0. The van der Waals surface area contributed by atoms with E-state index in [1.54, 1.807) is 13.0 Å². The molecule has 1 fully saturated rings. The Morgan fingerprint density at radius 1 is 1.47 bits per heavy atom. The van der Waals surface area contributed by atoms with Crippen molar-refractivity contribution in [3.05, 3.63) is 11.8 Å². The second kappa shape index (κ2) is 5.70. The highest BCUT2D eigenvalue weighted by Gasteiger charge is 2.14. The summed E-state index contributed by atoms with van der Waals surface area (Å²) in [5.41, 5.74) is 0. The van der Waals surface area contributed by atoms with Crippen molar-refractivity contribution in [2.75, 3.05) is 11.9 Å². The third kappa shape index (κ3) is 3.76. The van der Waals surface area contributed by atoms with Crippen LogP contribution in [0.1, 0.15) is 37.9 Å². The fourth-order valence-corrected chi connectivity index (χ4v) is 2.21. The number of hydrogen-bond acceptors (Lipinski definition) is 3. The lowest BCUT2D eigenvalue weighted by Crippen LogP contribution is -2.33. The van der Waals surface area contributed by atoms with Crippen LogP contribution in [-0.2, 0) is 0 Å². The maximum Gasteiger partial charge on any atom is 0.320 e. The van der Waals surface area contributed by atoms with Gasteiger partial charge in [-0.05, 0) is 25.7 Å². The summed E-state index contributed by atoms with van der Waals surface area (Å²) in [6.07, 6.45) is 6.36. The van der Waals surface area contributed by atoms with Gasteiger partial charge >= 0.3 is 6.03 Å². The molecule has 0 atom stereocenters. The van der Waals surface area contributed by atoms with Gasteiger partial charge in [-0.1, -0.05) is 24.4 Å². The van der Waals surface area contributed by atoms with Crippen molar-refractivity contribution in [2.24, 2.45) is 5.92 Å². The van der Waals surface area contributed by atoms with Gasteiger partial charge in [0.15, 0.2) is 5.82 Å². The van der Waals surface area contributed by atoms with Crippen LogP contribution in [0.3, 0.4) is 0 Å². The van der Waals surface area contributed by atoms with Crippen molar-refractivity contribution in [1.82, 2.24) is 10.5 Å². The smallest absolute Gasteiger partial charge is 0.320 e. The van der Waals surface area contributed by atoms with Crippen molar-refractivity contribution < 1.29 is 9.32 Å². The Morgan fingerprint density at radius 2 is 2.24 bits per heavy atom. The summed E-state index contributed by atoms with van der Waals surface area (Å²) in [4.78, 5) is 11.6. The molecule has 0 radical (unpaired) electrons. The van der Waals surface area contributed by atoms with Crippen LogP contribution in [0, 0.1) is 12.8 Å². The van der Waals surface area contributed by atoms with Gasteiger partial charge in [0, 0.05) is 12.6 Å². The first-order valence-corrected chi connectivity index (χ1v) is 6.22. The average Bonchev–Trinajstić information content (AvgIpc) is 2.73. The number of rotatable bonds is 3. The Bertz CT molecular complexity index is 370. The zero-order valence-corrected chi connectivity index (χ0v) is 10.2. The minimum Gasteiger partial charge on any atom is -0.360 e. The number of carbonyl (C=O) groups is 1. The van der Waals surface area contributed by atoms with Gasteiger partial charge in [0.2, 0.25) is 0 Å². The molecule has 0 bridgehead atoms. The first-order chi connectivity index (χ1) is 8.24. The van der Waals surface area contributed by atoms with Crippen LogP contribution in [0.5, 0.6) is 0 Å². The largest absolute Gasteiger partial charge is 0.360 e. The van der Waals surface area contributed by atoms with E-state index in [1.165, 1.54) is 32.1 Å². The van der Waals surface area contributed by atoms with Crippen LogP contribution < -0.4 is 10.6 Å². The molecule has 2 amide bonds. The second-order valence-corrected chi connectivity index (χ2v) is 4.66. The molecule has 1 saturated carbocycles. The fraction of sp³-hybridized carbons (Fsp3) is 0.667. The van der Waals surface area contributed by atoms with Gasteiger partial charge in [-0.15, -0.1) is 0 Å². The van der Waals surface area contributed by atoms with Crippen LogP contribution in [0.25, 0.3) is 0 Å². The van der Waals surface area contributed by atoms with Crippen molar-refractivity contribution in [1.29, 1.82) is 0 Å². The summed E-state index contributed by atoms with van der Waals surface area (Å²) in [5.74, 6) is 1.78. The Labute approximate surface area is 101 Å². The third-order valence-corrected chi connectivity index (χ3v) is 3.15. The van der Waals surface area contributed by atoms with Gasteiger partial charge in [-0.3, -0.25) is 5.32 Å². The SMILES string of the molecule is Cc1cc(NC(=O)NCC2CCCCC2)no1. The molecule has 1 aliphatic rings. The minimum atomic E-state index is -0.205. The predicted molar refractivity (Wildman–Crippen MR) is 64.8 cm³/mol. The van der Waals surface area contributed by atoms with Crippen molar-refractivity contribution >= 4 is 11.8 Å². The van der Waals surface area contributed by atoms with Gasteiger partial charge in [0.05, 0.1) is 0 Å². The number of aryl methyl sites for hydroxylation is 1. The zero-order chi connectivity index (χ0) is 12.1. The number of hydrogen-bond donors (Lipinski definition) is 2. The molecule has 0 saturated heterocycles. The van der Waals surface area contributed by atoms with Gasteiger partial charge in [-0.25, -0.2) is 4.79 Å². The van der Waals surface area contributed by atoms with Crippen LogP contribution in [0.4, 0.5) is 10.6 Å². The molecule has 2 N–H and O–H groups in total. The van der Waals surface area contributed by atoms with E-state index in [0.29, 0.717) is 17.5 Å². The molecule has 1 aromatic rings. The molecule has 1 aromatic heterocycles. The van der Waals surface area contributed by atoms with E-state index in [4.69, 9.17) is 4.52 Å².